The van der Waals surface area contributed by atoms with Gasteiger partial charge in [0.05, 0.1) is 0 Å². The number of nitrogens with one attached hydrogen (secondary N) is 1. The first-order valence-corrected chi connectivity index (χ1v) is 6.87. The number of anilines is 1. The third-order valence-electron chi connectivity index (χ3n) is 3.05. The van der Waals surface area contributed by atoms with Gasteiger partial charge in [0, 0.05) is 37.8 Å². The maximum Gasteiger partial charge on any atom is 0.221 e. The zero-order valence-electron chi connectivity index (χ0n) is 12.1. The minimum absolute atomic E-state index is 0.0239. The summed E-state index contributed by atoms with van der Waals surface area (Å²) in [5.41, 5.74) is 8.07. The van der Waals surface area contributed by atoms with Crippen LogP contribution in [0.2, 0.25) is 0 Å². The third kappa shape index (κ3) is 5.30. The predicted octanol–water partition coefficient (Wildman–Crippen LogP) is 1.67. The Morgan fingerprint density at radius 3 is 2.68 bits per heavy atom. The lowest BCUT2D eigenvalue weighted by Gasteiger charge is -2.25. The molecule has 3 N–H and O–H groups in total. The average molecular weight is 263 g/mol. The summed E-state index contributed by atoms with van der Waals surface area (Å²) >= 11 is 0. The molecule has 106 valence electrons. The van der Waals surface area contributed by atoms with Gasteiger partial charge in [-0.2, -0.15) is 0 Å². The van der Waals surface area contributed by atoms with E-state index in [2.05, 4.69) is 36.2 Å². The van der Waals surface area contributed by atoms with Crippen molar-refractivity contribution in [1.82, 2.24) is 5.32 Å². The van der Waals surface area contributed by atoms with Crippen LogP contribution >= 0.6 is 0 Å². The fourth-order valence-electron chi connectivity index (χ4n) is 2.06. The van der Waals surface area contributed by atoms with Crippen LogP contribution in [0.4, 0.5) is 5.69 Å². The second-order valence-electron chi connectivity index (χ2n) is 4.90. The van der Waals surface area contributed by atoms with Crippen LogP contribution in [0.3, 0.4) is 0 Å². The zero-order valence-corrected chi connectivity index (χ0v) is 12.1. The van der Waals surface area contributed by atoms with Crippen molar-refractivity contribution in [2.75, 3.05) is 24.5 Å². The zero-order chi connectivity index (χ0) is 14.3. The Bertz CT molecular complexity index is 404. The van der Waals surface area contributed by atoms with Gasteiger partial charge in [-0.1, -0.05) is 18.2 Å². The molecule has 4 heteroatoms. The standard InChI is InChI=1S/C15H25N3O/c1-4-18(14-8-6-5-7-12(14)2)10-9-17-15(19)11-13(3)16/h5-8,13H,4,9-11,16H2,1-3H3,(H,17,19). The number of aryl methyl sites for hydroxylation is 1. The first-order chi connectivity index (χ1) is 9.04. The Labute approximate surface area is 116 Å². The highest BCUT2D eigenvalue weighted by Gasteiger charge is 2.08. The van der Waals surface area contributed by atoms with Gasteiger partial charge in [0.2, 0.25) is 5.91 Å². The SMILES string of the molecule is CCN(CCNC(=O)CC(C)N)c1ccccc1C. The maximum absolute atomic E-state index is 11.5. The lowest BCUT2D eigenvalue weighted by Crippen LogP contribution is -2.37. The summed E-state index contributed by atoms with van der Waals surface area (Å²) in [7, 11) is 0. The van der Waals surface area contributed by atoms with Gasteiger partial charge in [-0.25, -0.2) is 0 Å². The number of rotatable bonds is 7. The topological polar surface area (TPSA) is 58.4 Å². The highest BCUT2D eigenvalue weighted by atomic mass is 16.1. The van der Waals surface area contributed by atoms with E-state index in [1.807, 2.05) is 19.1 Å². The molecule has 0 heterocycles. The fraction of sp³-hybridized carbons (Fsp3) is 0.533. The summed E-state index contributed by atoms with van der Waals surface area (Å²) in [6.07, 6.45) is 0.385. The van der Waals surface area contributed by atoms with E-state index in [1.165, 1.54) is 11.3 Å². The van der Waals surface area contributed by atoms with Crippen molar-refractivity contribution >= 4 is 11.6 Å². The molecule has 1 aromatic rings. The van der Waals surface area contributed by atoms with Crippen molar-refractivity contribution < 1.29 is 4.79 Å². The van der Waals surface area contributed by atoms with Gasteiger partial charge < -0.3 is 16.0 Å². The number of para-hydroxylation sites is 1. The predicted molar refractivity (Wildman–Crippen MR) is 80.3 cm³/mol. The van der Waals surface area contributed by atoms with E-state index in [-0.39, 0.29) is 11.9 Å². The van der Waals surface area contributed by atoms with Gasteiger partial charge in [-0.05, 0) is 32.4 Å². The first kappa shape index (κ1) is 15.5. The molecule has 1 rings (SSSR count). The van der Waals surface area contributed by atoms with Gasteiger partial charge in [-0.3, -0.25) is 4.79 Å². The highest BCUT2D eigenvalue weighted by Crippen LogP contribution is 2.18. The first-order valence-electron chi connectivity index (χ1n) is 6.87. The van der Waals surface area contributed by atoms with Crippen molar-refractivity contribution in [3.63, 3.8) is 0 Å². The Balaban J connectivity index is 2.46. The molecule has 0 radical (unpaired) electrons. The lowest BCUT2D eigenvalue weighted by molar-refractivity contribution is -0.121. The molecule has 1 amide bonds. The van der Waals surface area contributed by atoms with E-state index in [0.717, 1.165) is 13.1 Å². The van der Waals surface area contributed by atoms with E-state index in [9.17, 15) is 4.79 Å². The van der Waals surface area contributed by atoms with Crippen LogP contribution in [0, 0.1) is 6.92 Å². The van der Waals surface area contributed by atoms with Crippen LogP contribution in [-0.2, 0) is 4.79 Å². The van der Waals surface area contributed by atoms with Gasteiger partial charge in [0.15, 0.2) is 0 Å². The van der Waals surface area contributed by atoms with Gasteiger partial charge >= 0.3 is 0 Å². The normalized spacial score (nSPS) is 12.0. The Hall–Kier alpha value is -1.55. The molecule has 0 fully saturated rings. The van der Waals surface area contributed by atoms with Crippen LogP contribution in [0.15, 0.2) is 24.3 Å². The summed E-state index contributed by atoms with van der Waals surface area (Å²) in [5, 5.41) is 2.91. The fourth-order valence-corrected chi connectivity index (χ4v) is 2.06. The molecule has 0 bridgehead atoms. The lowest BCUT2D eigenvalue weighted by atomic mass is 10.2. The molecule has 0 aliphatic carbocycles. The maximum atomic E-state index is 11.5. The minimum Gasteiger partial charge on any atom is -0.370 e. The quantitative estimate of drug-likeness (QED) is 0.787. The van der Waals surface area contributed by atoms with Crippen molar-refractivity contribution in [3.8, 4) is 0 Å². The van der Waals surface area contributed by atoms with E-state index in [4.69, 9.17) is 5.73 Å². The van der Waals surface area contributed by atoms with Gasteiger partial charge in [0.1, 0.15) is 0 Å². The molecular weight excluding hydrogens is 238 g/mol. The molecular formula is C15H25N3O. The molecule has 0 aliphatic rings. The summed E-state index contributed by atoms with van der Waals surface area (Å²) in [4.78, 5) is 13.8. The highest BCUT2D eigenvalue weighted by molar-refractivity contribution is 5.76. The molecule has 4 nitrogen and oxygen atoms in total. The number of amides is 1. The monoisotopic (exact) mass is 263 g/mol. The van der Waals surface area contributed by atoms with Crippen LogP contribution in [-0.4, -0.2) is 31.6 Å². The van der Waals surface area contributed by atoms with Crippen LogP contribution in [0.25, 0.3) is 0 Å². The number of nitrogens with two attached hydrogens (primary N) is 1. The molecule has 1 unspecified atom stereocenters. The molecule has 0 saturated carbocycles. The van der Waals surface area contributed by atoms with E-state index < -0.39 is 0 Å². The summed E-state index contributed by atoms with van der Waals surface area (Å²) in [6.45, 7) is 8.45. The number of benzene rings is 1. The number of likely N-dealkylation sites (N-methyl/N-ethyl adjacent to an activating group) is 1. The number of carbonyl (C=O) groups is 1. The second kappa shape index (κ2) is 7.79. The van der Waals surface area contributed by atoms with E-state index in [1.54, 1.807) is 0 Å². The third-order valence-corrected chi connectivity index (χ3v) is 3.05. The van der Waals surface area contributed by atoms with Gasteiger partial charge in [0.25, 0.3) is 0 Å². The Kier molecular flexibility index (Phi) is 6.36. The van der Waals surface area contributed by atoms with Crippen molar-refractivity contribution in [2.45, 2.75) is 33.2 Å². The smallest absolute Gasteiger partial charge is 0.221 e. The van der Waals surface area contributed by atoms with Gasteiger partial charge in [-0.15, -0.1) is 0 Å². The Morgan fingerprint density at radius 1 is 1.42 bits per heavy atom. The average Bonchev–Trinajstić information content (AvgIpc) is 2.35. The molecule has 0 aromatic heterocycles. The number of carbonyl (C=O) groups excluding carboxylic acids is 1. The van der Waals surface area contributed by atoms with Crippen molar-refractivity contribution in [1.29, 1.82) is 0 Å². The van der Waals surface area contributed by atoms with E-state index >= 15 is 0 Å². The molecule has 0 aliphatic heterocycles. The van der Waals surface area contributed by atoms with E-state index in [0.29, 0.717) is 13.0 Å². The second-order valence-corrected chi connectivity index (χ2v) is 4.90. The number of nitrogens with zero attached hydrogens (tertiary/aromatic N) is 1. The van der Waals surface area contributed by atoms with Crippen LogP contribution < -0.4 is 16.0 Å². The summed E-state index contributed by atoms with van der Waals surface area (Å²) in [6, 6.07) is 8.21. The number of hydrogen-bond acceptors (Lipinski definition) is 3. The largest absolute Gasteiger partial charge is 0.370 e. The molecule has 1 aromatic carbocycles. The van der Waals surface area contributed by atoms with Crippen LogP contribution in [0.1, 0.15) is 25.8 Å². The molecule has 0 saturated heterocycles. The minimum atomic E-state index is -0.0846. The van der Waals surface area contributed by atoms with Crippen molar-refractivity contribution in [3.05, 3.63) is 29.8 Å². The summed E-state index contributed by atoms with van der Waals surface area (Å²) < 4.78 is 0. The molecule has 1 atom stereocenters. The molecule has 19 heavy (non-hydrogen) atoms. The summed E-state index contributed by atoms with van der Waals surface area (Å²) in [5.74, 6) is 0.0239. The van der Waals surface area contributed by atoms with Crippen LogP contribution in [0.5, 0.6) is 0 Å². The Morgan fingerprint density at radius 2 is 2.11 bits per heavy atom. The molecule has 0 spiro atoms. The van der Waals surface area contributed by atoms with Crippen molar-refractivity contribution in [2.24, 2.45) is 5.73 Å². The number of hydrogen-bond donors (Lipinski definition) is 2.